The number of halogens is 1. The zero-order chi connectivity index (χ0) is 10.7. The van der Waals surface area contributed by atoms with E-state index >= 15 is 0 Å². The van der Waals surface area contributed by atoms with E-state index in [2.05, 4.69) is 16.2 Å². The first kappa shape index (κ1) is 10.5. The van der Waals surface area contributed by atoms with Gasteiger partial charge in [0.05, 0.1) is 0 Å². The summed E-state index contributed by atoms with van der Waals surface area (Å²) in [6, 6.07) is 7.11. The van der Waals surface area contributed by atoms with Crippen molar-refractivity contribution >= 4 is 0 Å². The molecule has 1 aromatic rings. The third-order valence-corrected chi connectivity index (χ3v) is 2.82. The van der Waals surface area contributed by atoms with Crippen LogP contribution < -0.4 is 16.2 Å². The Morgan fingerprint density at radius 2 is 2.13 bits per heavy atom. The Morgan fingerprint density at radius 1 is 1.40 bits per heavy atom. The fourth-order valence-electron chi connectivity index (χ4n) is 2.02. The quantitative estimate of drug-likeness (QED) is 0.682. The minimum Gasteiger partial charge on any atom is -0.318 e. The van der Waals surface area contributed by atoms with Crippen LogP contribution in [-0.2, 0) is 0 Å². The molecular weight excluding hydrogens is 193 g/mol. The highest BCUT2D eigenvalue weighted by molar-refractivity contribution is 5.23. The lowest BCUT2D eigenvalue weighted by Crippen LogP contribution is -2.38. The first-order chi connectivity index (χ1) is 7.31. The van der Waals surface area contributed by atoms with Crippen molar-refractivity contribution in [2.24, 2.45) is 0 Å². The molecule has 0 saturated carbocycles. The minimum absolute atomic E-state index is 0.178. The van der Waals surface area contributed by atoms with Gasteiger partial charge in [-0.25, -0.2) is 4.39 Å². The molecule has 0 aliphatic carbocycles. The largest absolute Gasteiger partial charge is 0.318 e. The van der Waals surface area contributed by atoms with Crippen LogP contribution in [0.15, 0.2) is 24.3 Å². The molecule has 1 aliphatic rings. The molecule has 1 saturated heterocycles. The molecule has 3 N–H and O–H groups in total. The lowest BCUT2D eigenvalue weighted by Gasteiger charge is -2.18. The Bertz CT molecular complexity index is 312. The Labute approximate surface area is 89.0 Å². The van der Waals surface area contributed by atoms with Gasteiger partial charge in [0.25, 0.3) is 0 Å². The van der Waals surface area contributed by atoms with Crippen molar-refractivity contribution in [1.82, 2.24) is 16.2 Å². The molecule has 2 atom stereocenters. The summed E-state index contributed by atoms with van der Waals surface area (Å²) in [7, 11) is 1.93. The highest BCUT2D eigenvalue weighted by Gasteiger charge is 2.27. The van der Waals surface area contributed by atoms with Crippen molar-refractivity contribution < 1.29 is 4.39 Å². The van der Waals surface area contributed by atoms with E-state index in [4.69, 9.17) is 0 Å². The fourth-order valence-corrected chi connectivity index (χ4v) is 2.02. The van der Waals surface area contributed by atoms with Crippen LogP contribution >= 0.6 is 0 Å². The summed E-state index contributed by atoms with van der Waals surface area (Å²) >= 11 is 0. The average molecular weight is 209 g/mol. The lowest BCUT2D eigenvalue weighted by molar-refractivity contribution is 0.503. The van der Waals surface area contributed by atoms with Gasteiger partial charge in [-0.2, -0.15) is 0 Å². The second-order valence-corrected chi connectivity index (χ2v) is 3.85. The smallest absolute Gasteiger partial charge is 0.123 e. The minimum atomic E-state index is -0.178. The molecule has 0 aromatic heterocycles. The summed E-state index contributed by atoms with van der Waals surface area (Å²) in [6.07, 6.45) is 0. The van der Waals surface area contributed by atoms with Crippen LogP contribution in [0, 0.1) is 5.82 Å². The number of hydrazine groups is 1. The second kappa shape index (κ2) is 4.70. The molecule has 1 aliphatic heterocycles. The van der Waals surface area contributed by atoms with Crippen LogP contribution in [0.2, 0.25) is 0 Å². The maximum atomic E-state index is 12.8. The van der Waals surface area contributed by atoms with Gasteiger partial charge < -0.3 is 5.32 Å². The third-order valence-electron chi connectivity index (χ3n) is 2.82. The van der Waals surface area contributed by atoms with Gasteiger partial charge in [-0.1, -0.05) is 12.1 Å². The zero-order valence-electron chi connectivity index (χ0n) is 8.76. The maximum Gasteiger partial charge on any atom is 0.123 e. The molecule has 4 heteroatoms. The molecule has 0 radical (unpaired) electrons. The van der Waals surface area contributed by atoms with E-state index in [1.165, 1.54) is 17.7 Å². The summed E-state index contributed by atoms with van der Waals surface area (Å²) in [5, 5.41) is 3.14. The lowest BCUT2D eigenvalue weighted by atomic mass is 9.93. The molecule has 1 aromatic carbocycles. The van der Waals surface area contributed by atoms with Crippen LogP contribution in [0.1, 0.15) is 11.5 Å². The zero-order valence-corrected chi connectivity index (χ0v) is 8.76. The third kappa shape index (κ3) is 2.34. The molecule has 2 rings (SSSR count). The molecular formula is C11H16FN3. The topological polar surface area (TPSA) is 36.1 Å². The van der Waals surface area contributed by atoms with E-state index < -0.39 is 0 Å². The first-order valence-electron chi connectivity index (χ1n) is 5.19. The predicted octanol–water partition coefficient (Wildman–Crippen LogP) is 0.605. The molecule has 0 bridgehead atoms. The molecule has 2 unspecified atom stereocenters. The summed E-state index contributed by atoms with van der Waals surface area (Å²) in [4.78, 5) is 0. The van der Waals surface area contributed by atoms with Gasteiger partial charge in [0.1, 0.15) is 5.82 Å². The van der Waals surface area contributed by atoms with Gasteiger partial charge in [0.15, 0.2) is 0 Å². The van der Waals surface area contributed by atoms with Crippen LogP contribution in [0.3, 0.4) is 0 Å². The molecule has 0 spiro atoms. The van der Waals surface area contributed by atoms with E-state index in [1.54, 1.807) is 0 Å². The van der Waals surface area contributed by atoms with Crippen LogP contribution in [0.25, 0.3) is 0 Å². The van der Waals surface area contributed by atoms with E-state index in [0.29, 0.717) is 12.0 Å². The Hall–Kier alpha value is -0.970. The monoisotopic (exact) mass is 209 g/mol. The summed E-state index contributed by atoms with van der Waals surface area (Å²) in [5.41, 5.74) is 7.53. The fraction of sp³-hybridized carbons (Fsp3) is 0.455. The molecule has 82 valence electrons. The predicted molar refractivity (Wildman–Crippen MR) is 58.0 cm³/mol. The number of likely N-dealkylation sites (N-methyl/N-ethyl adjacent to an activating group) is 1. The number of benzene rings is 1. The van der Waals surface area contributed by atoms with Crippen molar-refractivity contribution in [1.29, 1.82) is 0 Å². The number of hydrogen-bond donors (Lipinski definition) is 3. The van der Waals surface area contributed by atoms with E-state index in [9.17, 15) is 4.39 Å². The average Bonchev–Trinajstić information content (AvgIpc) is 2.68. The SMILES string of the molecule is CNCC1NNCC1c1ccc(F)cc1. The van der Waals surface area contributed by atoms with Gasteiger partial charge in [-0.15, -0.1) is 0 Å². The first-order valence-corrected chi connectivity index (χ1v) is 5.19. The van der Waals surface area contributed by atoms with Gasteiger partial charge in [0, 0.05) is 25.0 Å². The summed E-state index contributed by atoms with van der Waals surface area (Å²) in [5.74, 6) is 0.223. The van der Waals surface area contributed by atoms with Crippen LogP contribution in [0.4, 0.5) is 4.39 Å². The van der Waals surface area contributed by atoms with Crippen LogP contribution in [-0.4, -0.2) is 26.2 Å². The van der Waals surface area contributed by atoms with Crippen molar-refractivity contribution in [3.63, 3.8) is 0 Å². The second-order valence-electron chi connectivity index (χ2n) is 3.85. The molecule has 1 fully saturated rings. The Morgan fingerprint density at radius 3 is 2.80 bits per heavy atom. The van der Waals surface area contributed by atoms with Crippen molar-refractivity contribution in [3.8, 4) is 0 Å². The highest BCUT2D eigenvalue weighted by Crippen LogP contribution is 2.21. The summed E-state index contributed by atoms with van der Waals surface area (Å²) in [6.45, 7) is 1.78. The molecule has 3 nitrogen and oxygen atoms in total. The maximum absolute atomic E-state index is 12.8. The van der Waals surface area contributed by atoms with Crippen molar-refractivity contribution in [2.75, 3.05) is 20.1 Å². The summed E-state index contributed by atoms with van der Waals surface area (Å²) < 4.78 is 12.8. The van der Waals surface area contributed by atoms with Crippen molar-refractivity contribution in [2.45, 2.75) is 12.0 Å². The molecule has 0 amide bonds. The Kier molecular flexibility index (Phi) is 3.30. The number of rotatable bonds is 3. The number of nitrogens with one attached hydrogen (secondary N) is 3. The van der Waals surface area contributed by atoms with Crippen LogP contribution in [0.5, 0.6) is 0 Å². The van der Waals surface area contributed by atoms with Crippen molar-refractivity contribution in [3.05, 3.63) is 35.6 Å². The van der Waals surface area contributed by atoms with E-state index in [-0.39, 0.29) is 5.82 Å². The normalized spacial score (nSPS) is 25.7. The highest BCUT2D eigenvalue weighted by atomic mass is 19.1. The van der Waals surface area contributed by atoms with Gasteiger partial charge in [0.2, 0.25) is 0 Å². The van der Waals surface area contributed by atoms with E-state index in [1.807, 2.05) is 19.2 Å². The molecule has 1 heterocycles. The Balaban J connectivity index is 2.11. The van der Waals surface area contributed by atoms with Gasteiger partial charge in [-0.3, -0.25) is 10.9 Å². The van der Waals surface area contributed by atoms with Gasteiger partial charge in [-0.05, 0) is 24.7 Å². The number of hydrogen-bond acceptors (Lipinski definition) is 3. The van der Waals surface area contributed by atoms with Gasteiger partial charge >= 0.3 is 0 Å². The standard InChI is InChI=1S/C11H16FN3/c1-13-7-11-10(6-14-15-11)8-2-4-9(12)5-3-8/h2-5,10-11,13-15H,6-7H2,1H3. The van der Waals surface area contributed by atoms with E-state index in [0.717, 1.165) is 13.1 Å². The molecule has 15 heavy (non-hydrogen) atoms.